The van der Waals surface area contributed by atoms with Gasteiger partial charge in [-0.15, -0.1) is 12.1 Å². The van der Waals surface area contributed by atoms with Crippen LogP contribution in [0.1, 0.15) is 26.7 Å². The van der Waals surface area contributed by atoms with Crippen molar-refractivity contribution in [3.05, 3.63) is 76.7 Å². The Kier molecular flexibility index (Phi) is 6.73. The monoisotopic (exact) mass is 447 g/mol. The van der Waals surface area contributed by atoms with E-state index in [1.807, 2.05) is 0 Å². The number of anilines is 1. The molecule has 1 aliphatic heterocycles. The minimum absolute atomic E-state index is 0.0565. The van der Waals surface area contributed by atoms with Crippen LogP contribution in [0.2, 0.25) is 5.02 Å². The first-order valence-corrected chi connectivity index (χ1v) is 9.45. The molecule has 2 amide bonds. The van der Waals surface area contributed by atoms with Gasteiger partial charge in [-0.25, -0.2) is 4.39 Å². The molecule has 0 aliphatic carbocycles. The van der Waals surface area contributed by atoms with Gasteiger partial charge in [-0.2, -0.15) is 0 Å². The van der Waals surface area contributed by atoms with Gasteiger partial charge in [-0.05, 0) is 25.1 Å². The van der Waals surface area contributed by atoms with E-state index in [0.717, 1.165) is 6.07 Å². The van der Waals surface area contributed by atoms with Crippen molar-refractivity contribution in [3.8, 4) is 0 Å². The SMILES string of the molecule is C=CCN1C=C(CNC(=O)C(=O)c2cc(C(=O)Nc3ccc(F)c(Cl)c3)c(C)o2)NN1. The van der Waals surface area contributed by atoms with Crippen molar-refractivity contribution in [1.82, 2.24) is 21.3 Å². The number of rotatable bonds is 8. The number of furan rings is 1. The second-order valence-electron chi connectivity index (χ2n) is 6.51. The quantitative estimate of drug-likeness (QED) is 0.279. The zero-order valence-electron chi connectivity index (χ0n) is 16.4. The molecule has 1 aromatic carbocycles. The number of carbonyl (C=O) groups excluding carboxylic acids is 3. The maximum Gasteiger partial charge on any atom is 0.296 e. The molecule has 1 aliphatic rings. The lowest BCUT2D eigenvalue weighted by atomic mass is 10.2. The maximum atomic E-state index is 13.3. The molecule has 3 rings (SSSR count). The smallest absolute Gasteiger partial charge is 0.296 e. The lowest BCUT2D eigenvalue weighted by Gasteiger charge is -2.11. The minimum Gasteiger partial charge on any atom is -0.457 e. The largest absolute Gasteiger partial charge is 0.457 e. The molecule has 0 spiro atoms. The third-order valence-corrected chi connectivity index (χ3v) is 4.50. The Balaban J connectivity index is 1.62. The van der Waals surface area contributed by atoms with Gasteiger partial charge in [-0.3, -0.25) is 19.4 Å². The van der Waals surface area contributed by atoms with E-state index in [-0.39, 0.29) is 34.3 Å². The molecular formula is C20H19ClFN5O4. The molecule has 31 heavy (non-hydrogen) atoms. The first-order chi connectivity index (χ1) is 14.8. The number of hydrazine groups is 2. The van der Waals surface area contributed by atoms with Gasteiger partial charge in [0, 0.05) is 18.0 Å². The molecule has 0 saturated carbocycles. The van der Waals surface area contributed by atoms with Gasteiger partial charge in [0.25, 0.3) is 17.6 Å². The van der Waals surface area contributed by atoms with Crippen molar-refractivity contribution >= 4 is 34.9 Å². The number of halogens is 2. The summed E-state index contributed by atoms with van der Waals surface area (Å²) in [6, 6.07) is 4.88. The third kappa shape index (κ3) is 5.30. The van der Waals surface area contributed by atoms with Crippen molar-refractivity contribution in [2.45, 2.75) is 6.92 Å². The highest BCUT2D eigenvalue weighted by Gasteiger charge is 2.24. The Hall–Kier alpha value is -3.63. The summed E-state index contributed by atoms with van der Waals surface area (Å²) in [4.78, 5) is 37.0. The predicted molar refractivity (Wildman–Crippen MR) is 111 cm³/mol. The van der Waals surface area contributed by atoms with Crippen LogP contribution >= 0.6 is 11.6 Å². The van der Waals surface area contributed by atoms with Crippen LogP contribution < -0.4 is 21.6 Å². The highest BCUT2D eigenvalue weighted by atomic mass is 35.5. The number of aryl methyl sites for hydroxylation is 1. The summed E-state index contributed by atoms with van der Waals surface area (Å²) in [6.07, 6.45) is 3.40. The number of nitrogens with one attached hydrogen (secondary N) is 4. The summed E-state index contributed by atoms with van der Waals surface area (Å²) in [7, 11) is 0. The Bertz CT molecular complexity index is 1080. The lowest BCUT2D eigenvalue weighted by Crippen LogP contribution is -2.39. The van der Waals surface area contributed by atoms with Crippen LogP contribution in [0.15, 0.2) is 53.2 Å². The summed E-state index contributed by atoms with van der Waals surface area (Å²) < 4.78 is 18.6. The fourth-order valence-corrected chi connectivity index (χ4v) is 2.86. The Morgan fingerprint density at radius 2 is 2.10 bits per heavy atom. The molecule has 2 aromatic rings. The number of hydrogen-bond donors (Lipinski definition) is 4. The number of Topliss-reactive ketones (excluding diaryl/α,β-unsaturated/α-hetero) is 1. The molecule has 162 valence electrons. The van der Waals surface area contributed by atoms with Gasteiger partial charge in [0.1, 0.15) is 11.6 Å². The standard InChI is InChI=1S/C20H19ClFN5O4/c1-3-6-27-10-13(25-26-27)9-23-20(30)18(28)17-8-14(11(2)31-17)19(29)24-12-4-5-16(22)15(21)7-12/h3-5,7-8,10,25-26H,1,6,9H2,2H3,(H,23,30)(H,24,29). The lowest BCUT2D eigenvalue weighted by molar-refractivity contribution is -0.116. The van der Waals surface area contributed by atoms with E-state index >= 15 is 0 Å². The minimum atomic E-state index is -0.929. The van der Waals surface area contributed by atoms with Gasteiger partial charge in [0.2, 0.25) is 0 Å². The second-order valence-corrected chi connectivity index (χ2v) is 6.91. The Morgan fingerprint density at radius 1 is 1.32 bits per heavy atom. The zero-order valence-corrected chi connectivity index (χ0v) is 17.2. The third-order valence-electron chi connectivity index (χ3n) is 4.21. The fourth-order valence-electron chi connectivity index (χ4n) is 2.68. The number of amides is 2. The average molecular weight is 448 g/mol. The molecule has 0 saturated heterocycles. The van der Waals surface area contributed by atoms with Gasteiger partial charge >= 0.3 is 0 Å². The molecule has 0 unspecified atom stereocenters. The summed E-state index contributed by atoms with van der Waals surface area (Å²) >= 11 is 5.70. The average Bonchev–Trinajstić information content (AvgIpc) is 3.35. The summed E-state index contributed by atoms with van der Waals surface area (Å²) in [5.41, 5.74) is 6.63. The second kappa shape index (κ2) is 9.45. The van der Waals surface area contributed by atoms with E-state index in [2.05, 4.69) is 28.2 Å². The highest BCUT2D eigenvalue weighted by Crippen LogP contribution is 2.21. The summed E-state index contributed by atoms with van der Waals surface area (Å²) in [5, 5.41) is 6.55. The fraction of sp³-hybridized carbons (Fsp3) is 0.150. The summed E-state index contributed by atoms with van der Waals surface area (Å²) in [5.74, 6) is -3.18. The normalized spacial score (nSPS) is 12.7. The molecule has 1 aromatic heterocycles. The molecule has 11 heteroatoms. The molecular weight excluding hydrogens is 429 g/mol. The van der Waals surface area contributed by atoms with Crippen molar-refractivity contribution in [2.75, 3.05) is 18.4 Å². The van der Waals surface area contributed by atoms with E-state index < -0.39 is 23.4 Å². The van der Waals surface area contributed by atoms with E-state index in [4.69, 9.17) is 16.0 Å². The van der Waals surface area contributed by atoms with E-state index in [9.17, 15) is 18.8 Å². The zero-order chi connectivity index (χ0) is 22.5. The first kappa shape index (κ1) is 22.1. The van der Waals surface area contributed by atoms with E-state index in [0.29, 0.717) is 12.2 Å². The first-order valence-electron chi connectivity index (χ1n) is 9.07. The van der Waals surface area contributed by atoms with Gasteiger partial charge in [0.15, 0.2) is 5.76 Å². The number of hydrogen-bond acceptors (Lipinski definition) is 7. The Morgan fingerprint density at radius 3 is 2.81 bits per heavy atom. The molecule has 9 nitrogen and oxygen atoms in total. The van der Waals surface area contributed by atoms with Crippen LogP contribution in [0.5, 0.6) is 0 Å². The van der Waals surface area contributed by atoms with Gasteiger partial charge in [0.05, 0.1) is 29.4 Å². The molecule has 0 bridgehead atoms. The van der Waals surface area contributed by atoms with Crippen LogP contribution in [0, 0.1) is 12.7 Å². The number of ketones is 1. The van der Waals surface area contributed by atoms with Crippen LogP contribution in [0.4, 0.5) is 10.1 Å². The number of carbonyl (C=O) groups is 3. The van der Waals surface area contributed by atoms with Crippen LogP contribution in [-0.2, 0) is 4.79 Å². The maximum absolute atomic E-state index is 13.3. The predicted octanol–water partition coefficient (Wildman–Crippen LogP) is 2.28. The van der Waals surface area contributed by atoms with E-state index in [1.165, 1.54) is 25.1 Å². The molecule has 0 atom stereocenters. The van der Waals surface area contributed by atoms with Crippen molar-refractivity contribution < 1.29 is 23.2 Å². The highest BCUT2D eigenvalue weighted by molar-refractivity contribution is 6.42. The topological polar surface area (TPSA) is 116 Å². The number of nitrogens with zero attached hydrogens (tertiary/aromatic N) is 1. The van der Waals surface area contributed by atoms with Crippen LogP contribution in [0.25, 0.3) is 0 Å². The van der Waals surface area contributed by atoms with Crippen molar-refractivity contribution in [2.24, 2.45) is 0 Å². The molecule has 0 fully saturated rings. The van der Waals surface area contributed by atoms with Gasteiger partial charge < -0.3 is 20.5 Å². The number of benzene rings is 1. The van der Waals surface area contributed by atoms with Crippen molar-refractivity contribution in [1.29, 1.82) is 0 Å². The van der Waals surface area contributed by atoms with E-state index in [1.54, 1.807) is 17.3 Å². The van der Waals surface area contributed by atoms with Gasteiger partial charge in [-0.1, -0.05) is 17.7 Å². The summed E-state index contributed by atoms with van der Waals surface area (Å²) in [6.45, 7) is 5.72. The molecule has 4 N–H and O–H groups in total. The molecule has 2 heterocycles. The Labute approximate surface area is 181 Å². The van der Waals surface area contributed by atoms with Crippen molar-refractivity contribution in [3.63, 3.8) is 0 Å². The van der Waals surface area contributed by atoms with Crippen LogP contribution in [-0.4, -0.2) is 35.7 Å². The molecule has 0 radical (unpaired) electrons. The van der Waals surface area contributed by atoms with Crippen LogP contribution in [0.3, 0.4) is 0 Å².